The number of benzene rings is 1. The van der Waals surface area contributed by atoms with Crippen LogP contribution >= 0.6 is 0 Å². The number of hydrogen-bond acceptors (Lipinski definition) is 6. The lowest BCUT2D eigenvalue weighted by Gasteiger charge is -2.37. The fourth-order valence-corrected chi connectivity index (χ4v) is 4.47. The molecule has 4 heterocycles. The summed E-state index contributed by atoms with van der Waals surface area (Å²) in [4.78, 5) is 26.8. The summed E-state index contributed by atoms with van der Waals surface area (Å²) >= 11 is 0. The zero-order valence-corrected chi connectivity index (χ0v) is 19.9. The first-order chi connectivity index (χ1) is 16.9. The molecule has 5 rings (SSSR count). The monoisotopic (exact) mass is 455 g/mol. The number of Topliss-reactive ketones (excluding diaryl/α,β-unsaturated/α-hetero) is 1. The summed E-state index contributed by atoms with van der Waals surface area (Å²) in [6.07, 6.45) is 5.81. The SMILES string of the molecule is [2H]c1nc(CC(=O)c2ccnc(N3CCN(C(C)C)CC3)c2)cc2cc(-c3cnn(C)c3)ccc12. The van der Waals surface area contributed by atoms with Crippen molar-refractivity contribution in [1.29, 1.82) is 0 Å². The van der Waals surface area contributed by atoms with Crippen LogP contribution in [0.1, 0.15) is 31.3 Å². The van der Waals surface area contributed by atoms with E-state index < -0.39 is 0 Å². The largest absolute Gasteiger partial charge is 0.354 e. The Morgan fingerprint density at radius 2 is 1.85 bits per heavy atom. The van der Waals surface area contributed by atoms with Crippen LogP contribution < -0.4 is 4.90 Å². The summed E-state index contributed by atoms with van der Waals surface area (Å²) in [6, 6.07) is 12.0. The lowest BCUT2D eigenvalue weighted by Crippen LogP contribution is -2.49. The van der Waals surface area contributed by atoms with Crippen LogP contribution in [0.15, 0.2) is 61.2 Å². The molecule has 3 aromatic heterocycles. The highest BCUT2D eigenvalue weighted by Crippen LogP contribution is 2.25. The smallest absolute Gasteiger partial charge is 0.169 e. The summed E-state index contributed by atoms with van der Waals surface area (Å²) < 4.78 is 10.2. The summed E-state index contributed by atoms with van der Waals surface area (Å²) in [5, 5.41) is 5.91. The number of fused-ring (bicyclic) bond motifs is 1. The number of piperazine rings is 1. The van der Waals surface area contributed by atoms with Crippen LogP contribution in [0, 0.1) is 0 Å². The van der Waals surface area contributed by atoms with Crippen molar-refractivity contribution >= 4 is 22.4 Å². The lowest BCUT2D eigenvalue weighted by atomic mass is 10.0. The molecule has 34 heavy (non-hydrogen) atoms. The Morgan fingerprint density at radius 3 is 2.59 bits per heavy atom. The second-order valence-electron chi connectivity index (χ2n) is 9.18. The van der Waals surface area contributed by atoms with E-state index in [1.807, 2.05) is 49.8 Å². The first-order valence-electron chi connectivity index (χ1n) is 12.2. The van der Waals surface area contributed by atoms with Crippen molar-refractivity contribution in [1.82, 2.24) is 24.6 Å². The highest BCUT2D eigenvalue weighted by atomic mass is 16.1. The molecule has 0 saturated carbocycles. The molecule has 1 fully saturated rings. The van der Waals surface area contributed by atoms with Crippen molar-refractivity contribution in [2.75, 3.05) is 31.1 Å². The Bertz CT molecular complexity index is 1370. The number of rotatable bonds is 6. The van der Waals surface area contributed by atoms with Gasteiger partial charge in [0.1, 0.15) is 5.82 Å². The van der Waals surface area contributed by atoms with E-state index in [9.17, 15) is 4.79 Å². The van der Waals surface area contributed by atoms with Crippen LogP contribution in [-0.2, 0) is 13.5 Å². The topological polar surface area (TPSA) is 67.2 Å². The Kier molecular flexibility index (Phi) is 5.77. The van der Waals surface area contributed by atoms with Crippen molar-refractivity contribution < 1.29 is 6.17 Å². The maximum Gasteiger partial charge on any atom is 0.169 e. The van der Waals surface area contributed by atoms with Crippen LogP contribution in [0.3, 0.4) is 0 Å². The minimum atomic E-state index is -0.0240. The molecular weight excluding hydrogens is 424 g/mol. The molecule has 174 valence electrons. The average Bonchev–Trinajstić information content (AvgIpc) is 3.30. The van der Waals surface area contributed by atoms with Gasteiger partial charge in [-0.2, -0.15) is 5.10 Å². The van der Waals surface area contributed by atoms with Gasteiger partial charge in [0.25, 0.3) is 0 Å². The minimum absolute atomic E-state index is 0.0240. The molecule has 0 aliphatic carbocycles. The van der Waals surface area contributed by atoms with Crippen molar-refractivity contribution in [3.63, 3.8) is 0 Å². The molecule has 1 saturated heterocycles. The summed E-state index contributed by atoms with van der Waals surface area (Å²) in [5.41, 5.74) is 3.25. The Balaban J connectivity index is 1.35. The van der Waals surface area contributed by atoms with Crippen LogP contribution in [0.4, 0.5) is 5.82 Å². The molecule has 0 N–H and O–H groups in total. The lowest BCUT2D eigenvalue weighted by molar-refractivity contribution is 0.0992. The van der Waals surface area contributed by atoms with Gasteiger partial charge < -0.3 is 4.90 Å². The van der Waals surface area contributed by atoms with E-state index in [1.54, 1.807) is 16.9 Å². The maximum absolute atomic E-state index is 13.2. The highest BCUT2D eigenvalue weighted by molar-refractivity contribution is 5.98. The predicted molar refractivity (Wildman–Crippen MR) is 135 cm³/mol. The third kappa shape index (κ3) is 4.70. The van der Waals surface area contributed by atoms with Crippen LogP contribution in [0.25, 0.3) is 21.9 Å². The fraction of sp³-hybridized carbons (Fsp3) is 0.333. The van der Waals surface area contributed by atoms with Crippen LogP contribution in [-0.4, -0.2) is 62.7 Å². The number of hydrogen-bond donors (Lipinski definition) is 0. The molecule has 0 radical (unpaired) electrons. The van der Waals surface area contributed by atoms with Crippen molar-refractivity contribution in [3.8, 4) is 11.1 Å². The number of carbonyl (C=O) groups excluding carboxylic acids is 1. The molecule has 1 aromatic carbocycles. The standard InChI is InChI=1S/C27H30N6O/c1-19(2)32-8-10-33(11-9-32)27-14-21(6-7-28-27)26(34)15-25-13-23-12-20(4-5-22(23)16-29-25)24-17-30-31(3)18-24/h4-7,12-14,16-19H,8-11,15H2,1-3H3/i16D. The van der Waals surface area contributed by atoms with E-state index >= 15 is 0 Å². The van der Waals surface area contributed by atoms with Crippen molar-refractivity contribution in [2.24, 2.45) is 7.05 Å². The van der Waals surface area contributed by atoms with Gasteiger partial charge in [0.15, 0.2) is 5.78 Å². The number of carbonyl (C=O) groups is 1. The summed E-state index contributed by atoms with van der Waals surface area (Å²) in [6.45, 7) is 8.22. The number of aromatic nitrogens is 4. The van der Waals surface area contributed by atoms with E-state index in [0.29, 0.717) is 17.3 Å². The zero-order valence-electron chi connectivity index (χ0n) is 20.9. The van der Waals surface area contributed by atoms with Gasteiger partial charge in [-0.1, -0.05) is 12.1 Å². The van der Waals surface area contributed by atoms with Gasteiger partial charge in [0, 0.05) is 80.0 Å². The van der Waals surface area contributed by atoms with Crippen LogP contribution in [0.5, 0.6) is 0 Å². The number of pyridine rings is 2. The number of aryl methyl sites for hydroxylation is 1. The Morgan fingerprint density at radius 1 is 1.03 bits per heavy atom. The van der Waals surface area contributed by atoms with Gasteiger partial charge in [0.2, 0.25) is 0 Å². The first-order valence-corrected chi connectivity index (χ1v) is 11.7. The molecule has 7 heteroatoms. The summed E-state index contributed by atoms with van der Waals surface area (Å²) in [5.74, 6) is 0.817. The second-order valence-corrected chi connectivity index (χ2v) is 9.18. The van der Waals surface area contributed by atoms with Gasteiger partial charge in [0.05, 0.1) is 14.0 Å². The van der Waals surface area contributed by atoms with Crippen molar-refractivity contribution in [3.05, 3.63) is 72.4 Å². The minimum Gasteiger partial charge on any atom is -0.354 e. The number of ketones is 1. The fourth-order valence-electron chi connectivity index (χ4n) is 4.47. The third-order valence-corrected chi connectivity index (χ3v) is 6.51. The van der Waals surface area contributed by atoms with Crippen molar-refractivity contribution in [2.45, 2.75) is 26.3 Å². The van der Waals surface area contributed by atoms with E-state index in [2.05, 4.69) is 38.7 Å². The Hall–Kier alpha value is -3.58. The quantitative estimate of drug-likeness (QED) is 0.410. The van der Waals surface area contributed by atoms with Gasteiger partial charge in [-0.25, -0.2) is 4.98 Å². The molecule has 0 amide bonds. The number of anilines is 1. The van der Waals surface area contributed by atoms with E-state index in [4.69, 9.17) is 1.37 Å². The van der Waals surface area contributed by atoms with Gasteiger partial charge in [-0.3, -0.25) is 19.4 Å². The van der Waals surface area contributed by atoms with E-state index in [1.165, 1.54) is 0 Å². The molecule has 4 aromatic rings. The van der Waals surface area contributed by atoms with Gasteiger partial charge >= 0.3 is 0 Å². The molecular formula is C27H30N6O. The second kappa shape index (κ2) is 9.35. The molecule has 0 unspecified atom stereocenters. The number of nitrogens with zero attached hydrogens (tertiary/aromatic N) is 6. The third-order valence-electron chi connectivity index (χ3n) is 6.51. The zero-order chi connectivity index (χ0) is 24.5. The summed E-state index contributed by atoms with van der Waals surface area (Å²) in [7, 11) is 1.89. The molecule has 7 nitrogen and oxygen atoms in total. The molecule has 1 aliphatic rings. The Labute approximate surface area is 201 Å². The molecule has 1 aliphatic heterocycles. The molecule has 0 spiro atoms. The van der Waals surface area contributed by atoms with Crippen LogP contribution in [0.2, 0.25) is 0 Å². The van der Waals surface area contributed by atoms with Gasteiger partial charge in [-0.05, 0) is 49.1 Å². The van der Waals surface area contributed by atoms with Gasteiger partial charge in [-0.15, -0.1) is 0 Å². The normalized spacial score (nSPS) is 15.2. The molecule has 0 atom stereocenters. The predicted octanol–water partition coefficient (Wildman–Crippen LogP) is 3.99. The maximum atomic E-state index is 13.2. The van der Waals surface area contributed by atoms with E-state index in [-0.39, 0.29) is 18.4 Å². The van der Waals surface area contributed by atoms with E-state index in [0.717, 1.165) is 53.9 Å². The highest BCUT2D eigenvalue weighted by Gasteiger charge is 2.20. The molecule has 0 bridgehead atoms. The first kappa shape index (κ1) is 21.0. The average molecular weight is 456 g/mol.